The largest absolute Gasteiger partial charge is 0.464 e. The minimum Gasteiger partial charge on any atom is -0.464 e. The molecule has 2 unspecified atom stereocenters. The van der Waals surface area contributed by atoms with Crippen molar-refractivity contribution in [3.05, 3.63) is 39.4 Å². The smallest absolute Gasteiger partial charge is 0.329 e. The number of carbonyl (C=O) groups excluding carboxylic acids is 2. The predicted molar refractivity (Wildman–Crippen MR) is 114 cm³/mol. The molecule has 1 fully saturated rings. The number of ether oxygens (including phenoxy) is 1. The second-order valence-corrected chi connectivity index (χ2v) is 9.01. The number of hydrogen-bond donors (Lipinski definition) is 0. The number of carbonyl (C=O) groups is 2. The van der Waals surface area contributed by atoms with Gasteiger partial charge in [0.05, 0.1) is 16.9 Å². The Morgan fingerprint density at radius 3 is 2.69 bits per heavy atom. The van der Waals surface area contributed by atoms with Crippen molar-refractivity contribution in [2.45, 2.75) is 64.8 Å². The maximum absolute atomic E-state index is 13.3. The second kappa shape index (κ2) is 10.6. The van der Waals surface area contributed by atoms with E-state index in [-0.39, 0.29) is 28.4 Å². The number of amides is 1. The van der Waals surface area contributed by atoms with Crippen LogP contribution in [-0.2, 0) is 9.53 Å². The van der Waals surface area contributed by atoms with Gasteiger partial charge >= 0.3 is 5.97 Å². The molecule has 1 aliphatic rings. The van der Waals surface area contributed by atoms with Crippen molar-refractivity contribution in [2.75, 3.05) is 12.4 Å². The number of hydrogen-bond acceptors (Lipinski definition) is 6. The van der Waals surface area contributed by atoms with Gasteiger partial charge in [0.15, 0.2) is 0 Å². The number of nitro groups is 1. The Balaban J connectivity index is 2.29. The van der Waals surface area contributed by atoms with Crippen LogP contribution in [0, 0.1) is 23.0 Å². The molecule has 0 saturated carbocycles. The minimum atomic E-state index is -0.668. The fourth-order valence-corrected chi connectivity index (χ4v) is 4.68. The molecule has 1 amide bonds. The van der Waals surface area contributed by atoms with Gasteiger partial charge in [-0.3, -0.25) is 14.9 Å². The molecule has 160 valence electrons. The first-order valence-electron chi connectivity index (χ1n) is 10.1. The topological polar surface area (TPSA) is 89.8 Å². The van der Waals surface area contributed by atoms with Crippen molar-refractivity contribution in [3.63, 3.8) is 0 Å². The zero-order valence-corrected chi connectivity index (χ0v) is 18.4. The first-order chi connectivity index (χ1) is 13.8. The molecule has 0 bridgehead atoms. The van der Waals surface area contributed by atoms with E-state index in [1.54, 1.807) is 35.7 Å². The van der Waals surface area contributed by atoms with E-state index in [1.165, 1.54) is 6.07 Å². The van der Waals surface area contributed by atoms with Crippen LogP contribution in [0.4, 0.5) is 5.69 Å². The fraction of sp³-hybridized carbons (Fsp3) is 0.619. The van der Waals surface area contributed by atoms with Crippen LogP contribution in [0.1, 0.15) is 62.4 Å². The lowest BCUT2D eigenvalue weighted by atomic mass is 10.1. The summed E-state index contributed by atoms with van der Waals surface area (Å²) in [4.78, 5) is 38.3. The number of rotatable bonds is 9. The average molecular weight is 423 g/mol. The van der Waals surface area contributed by atoms with Crippen molar-refractivity contribution < 1.29 is 19.2 Å². The summed E-state index contributed by atoms with van der Waals surface area (Å²) in [5, 5.41) is 11.1. The predicted octanol–water partition coefficient (Wildman–Crippen LogP) is 4.57. The quantitative estimate of drug-likeness (QED) is 0.251. The first kappa shape index (κ1) is 23.2. The monoisotopic (exact) mass is 422 g/mol. The summed E-state index contributed by atoms with van der Waals surface area (Å²) >= 11 is 1.58. The summed E-state index contributed by atoms with van der Waals surface area (Å²) in [6.45, 7) is 7.97. The summed E-state index contributed by atoms with van der Waals surface area (Å²) in [6, 6.07) is 3.80. The van der Waals surface area contributed by atoms with E-state index >= 15 is 0 Å². The molecular formula is C21H30N2O5S. The number of nitro benzene ring substituents is 1. The van der Waals surface area contributed by atoms with Crippen molar-refractivity contribution in [2.24, 2.45) is 5.92 Å². The lowest BCUT2D eigenvalue weighted by Crippen LogP contribution is -2.46. The molecule has 1 aliphatic heterocycles. The summed E-state index contributed by atoms with van der Waals surface area (Å²) in [6.07, 6.45) is 3.86. The Hall–Kier alpha value is -2.09. The van der Waals surface area contributed by atoms with Crippen molar-refractivity contribution in [3.8, 4) is 0 Å². The summed E-state index contributed by atoms with van der Waals surface area (Å²) in [5.41, 5.74) is 0.630. The maximum atomic E-state index is 13.3. The molecule has 2 atom stereocenters. The van der Waals surface area contributed by atoms with Gasteiger partial charge < -0.3 is 9.64 Å². The van der Waals surface area contributed by atoms with Gasteiger partial charge in [0.2, 0.25) is 0 Å². The fourth-order valence-electron chi connectivity index (χ4n) is 3.24. The molecule has 0 aliphatic carbocycles. The molecule has 7 nitrogen and oxygen atoms in total. The standard InChI is InChI=1S/C21H30N2O5S/c1-5-6-7-8-19-22(18(13-29-19)21(25)28-12-14(2)3)20(24)16-10-9-15(4)17(11-16)23(26)27/h9-11,14,18-19H,5-8,12-13H2,1-4H3. The van der Waals surface area contributed by atoms with Crippen LogP contribution in [0.2, 0.25) is 0 Å². The SMILES string of the molecule is CCCCCC1SCC(C(=O)OCC(C)C)N1C(=O)c1ccc(C)c([N+](=O)[O-])c1. The Kier molecular flexibility index (Phi) is 8.49. The summed E-state index contributed by atoms with van der Waals surface area (Å²) < 4.78 is 5.40. The molecule has 1 saturated heterocycles. The third-order valence-electron chi connectivity index (χ3n) is 4.87. The molecule has 1 aromatic carbocycles. The number of esters is 1. The van der Waals surface area contributed by atoms with Crippen LogP contribution in [0.15, 0.2) is 18.2 Å². The molecule has 1 heterocycles. The molecule has 29 heavy (non-hydrogen) atoms. The Bertz CT molecular complexity index is 753. The van der Waals surface area contributed by atoms with Gasteiger partial charge in [-0.1, -0.05) is 46.1 Å². The van der Waals surface area contributed by atoms with Crippen LogP contribution >= 0.6 is 11.8 Å². The average Bonchev–Trinajstić information content (AvgIpc) is 3.09. The zero-order chi connectivity index (χ0) is 21.6. The van der Waals surface area contributed by atoms with Crippen LogP contribution in [0.25, 0.3) is 0 Å². The molecule has 1 aromatic rings. The van der Waals surface area contributed by atoms with Gasteiger partial charge in [-0.05, 0) is 25.3 Å². The van der Waals surface area contributed by atoms with E-state index in [9.17, 15) is 19.7 Å². The first-order valence-corrected chi connectivity index (χ1v) is 11.2. The third-order valence-corrected chi connectivity index (χ3v) is 6.22. The van der Waals surface area contributed by atoms with Crippen molar-refractivity contribution >= 4 is 29.3 Å². The van der Waals surface area contributed by atoms with E-state index in [2.05, 4.69) is 6.92 Å². The van der Waals surface area contributed by atoms with E-state index in [4.69, 9.17) is 4.74 Å². The number of benzene rings is 1. The summed E-state index contributed by atoms with van der Waals surface area (Å²) in [7, 11) is 0. The van der Waals surface area contributed by atoms with E-state index in [0.29, 0.717) is 17.9 Å². The second-order valence-electron chi connectivity index (χ2n) is 7.79. The van der Waals surface area contributed by atoms with Gasteiger partial charge in [0.1, 0.15) is 6.04 Å². The Morgan fingerprint density at radius 1 is 1.34 bits per heavy atom. The van der Waals surface area contributed by atoms with Gasteiger partial charge in [-0.15, -0.1) is 11.8 Å². The van der Waals surface area contributed by atoms with E-state index in [1.807, 2.05) is 13.8 Å². The lowest BCUT2D eigenvalue weighted by Gasteiger charge is -2.28. The maximum Gasteiger partial charge on any atom is 0.329 e. The number of thioether (sulfide) groups is 1. The van der Waals surface area contributed by atoms with Gasteiger partial charge in [-0.2, -0.15) is 0 Å². The molecule has 8 heteroatoms. The van der Waals surface area contributed by atoms with Gasteiger partial charge in [0, 0.05) is 22.9 Å². The number of unbranched alkanes of at least 4 members (excludes halogenated alkanes) is 2. The number of aryl methyl sites for hydroxylation is 1. The highest BCUT2D eigenvalue weighted by atomic mass is 32.2. The van der Waals surface area contributed by atoms with Gasteiger partial charge in [-0.25, -0.2) is 4.79 Å². The molecule has 0 N–H and O–H groups in total. The highest BCUT2D eigenvalue weighted by Gasteiger charge is 2.42. The van der Waals surface area contributed by atoms with Gasteiger partial charge in [0.25, 0.3) is 11.6 Å². The third kappa shape index (κ3) is 5.95. The zero-order valence-electron chi connectivity index (χ0n) is 17.6. The Labute approximate surface area is 176 Å². The van der Waals surface area contributed by atoms with Crippen LogP contribution in [0.5, 0.6) is 0 Å². The van der Waals surface area contributed by atoms with E-state index < -0.39 is 16.9 Å². The molecule has 0 radical (unpaired) electrons. The molecule has 0 aromatic heterocycles. The highest BCUT2D eigenvalue weighted by Crippen LogP contribution is 2.35. The molecule has 2 rings (SSSR count). The highest BCUT2D eigenvalue weighted by molar-refractivity contribution is 8.00. The Morgan fingerprint density at radius 2 is 2.07 bits per heavy atom. The summed E-state index contributed by atoms with van der Waals surface area (Å²) in [5.74, 6) is -0.0737. The van der Waals surface area contributed by atoms with Crippen LogP contribution < -0.4 is 0 Å². The molecule has 0 spiro atoms. The molecular weight excluding hydrogens is 392 g/mol. The van der Waals surface area contributed by atoms with Crippen molar-refractivity contribution in [1.29, 1.82) is 0 Å². The van der Waals surface area contributed by atoms with Crippen LogP contribution in [-0.4, -0.2) is 45.5 Å². The normalized spacial score (nSPS) is 18.9. The lowest BCUT2D eigenvalue weighted by molar-refractivity contribution is -0.385. The van der Waals surface area contributed by atoms with E-state index in [0.717, 1.165) is 25.7 Å². The van der Waals surface area contributed by atoms with Crippen molar-refractivity contribution in [1.82, 2.24) is 4.90 Å². The van der Waals surface area contributed by atoms with Crippen LogP contribution in [0.3, 0.4) is 0 Å². The number of nitrogens with zero attached hydrogens (tertiary/aromatic N) is 2. The minimum absolute atomic E-state index is 0.0934.